The van der Waals surface area contributed by atoms with Crippen molar-refractivity contribution in [1.29, 1.82) is 0 Å². The first-order valence-electron chi connectivity index (χ1n) is 13.2. The number of rotatable bonds is 11. The molecule has 5 aromatic carbocycles. The molecular weight excluding hydrogens is 482 g/mol. The predicted octanol–water partition coefficient (Wildman–Crippen LogP) is 8.09. The van der Waals surface area contributed by atoms with Gasteiger partial charge in [0.25, 0.3) is 5.91 Å². The number of amides is 1. The van der Waals surface area contributed by atoms with Crippen LogP contribution in [0.4, 0.5) is 0 Å². The maximum Gasteiger partial charge on any atom is 0.252 e. The molecule has 0 unspecified atom stereocenters. The van der Waals surface area contributed by atoms with E-state index in [2.05, 4.69) is 17.4 Å². The molecule has 0 radical (unpaired) electrons. The molecule has 4 heteroatoms. The molecule has 0 saturated carbocycles. The molecule has 39 heavy (non-hydrogen) atoms. The summed E-state index contributed by atoms with van der Waals surface area (Å²) in [7, 11) is 0. The first-order chi connectivity index (χ1) is 19.2. The van der Waals surface area contributed by atoms with E-state index in [4.69, 9.17) is 9.47 Å². The zero-order valence-corrected chi connectivity index (χ0v) is 21.8. The maximum atomic E-state index is 13.4. The fraction of sp³-hybridized carbons (Fsp3) is 0.114. The van der Waals surface area contributed by atoms with Crippen molar-refractivity contribution >= 4 is 5.91 Å². The first kappa shape index (κ1) is 25.8. The second-order valence-corrected chi connectivity index (χ2v) is 9.27. The summed E-state index contributed by atoms with van der Waals surface area (Å²) in [4.78, 5) is 13.4. The number of carbonyl (C=O) groups is 1. The summed E-state index contributed by atoms with van der Waals surface area (Å²) in [6.07, 6.45) is 1.78. The van der Waals surface area contributed by atoms with Crippen molar-refractivity contribution in [1.82, 2.24) is 5.32 Å². The summed E-state index contributed by atoms with van der Waals surface area (Å²) in [6.45, 7) is 1.02. The second kappa shape index (κ2) is 13.1. The van der Waals surface area contributed by atoms with Crippen molar-refractivity contribution in [3.8, 4) is 28.4 Å². The van der Waals surface area contributed by atoms with Gasteiger partial charge in [0.1, 0.15) is 23.9 Å². The molecule has 0 bridgehead atoms. The highest BCUT2D eigenvalue weighted by Gasteiger charge is 2.15. The van der Waals surface area contributed by atoms with E-state index >= 15 is 0 Å². The minimum atomic E-state index is -0.118. The number of aryl methyl sites for hydroxylation is 1. The summed E-state index contributed by atoms with van der Waals surface area (Å²) in [5.41, 5.74) is 4.69. The molecule has 194 valence electrons. The van der Waals surface area contributed by atoms with Crippen LogP contribution in [0.2, 0.25) is 0 Å². The molecular formula is C35H31NO3. The van der Waals surface area contributed by atoms with Crippen LogP contribution in [-0.4, -0.2) is 12.5 Å². The van der Waals surface area contributed by atoms with Crippen LogP contribution < -0.4 is 14.8 Å². The van der Waals surface area contributed by atoms with E-state index in [0.29, 0.717) is 24.5 Å². The van der Waals surface area contributed by atoms with Gasteiger partial charge in [-0.05, 0) is 77.6 Å². The summed E-state index contributed by atoms with van der Waals surface area (Å²) in [5.74, 6) is 2.05. The summed E-state index contributed by atoms with van der Waals surface area (Å²) < 4.78 is 12.0. The topological polar surface area (TPSA) is 47.6 Å². The minimum Gasteiger partial charge on any atom is -0.489 e. The Kier molecular flexibility index (Phi) is 8.67. The van der Waals surface area contributed by atoms with Crippen LogP contribution in [0.1, 0.15) is 27.9 Å². The molecule has 4 nitrogen and oxygen atoms in total. The van der Waals surface area contributed by atoms with Gasteiger partial charge in [-0.1, -0.05) is 91.0 Å². The zero-order chi connectivity index (χ0) is 26.7. The van der Waals surface area contributed by atoms with E-state index in [1.54, 1.807) is 0 Å². The lowest BCUT2D eigenvalue weighted by molar-refractivity contribution is 0.0953. The SMILES string of the molecule is O=C(NCCCc1ccccc1)c1cc(OCc2ccccc2)ccc1-c1ccc(Oc2ccccc2)cc1. The van der Waals surface area contributed by atoms with Crippen LogP contribution in [0.3, 0.4) is 0 Å². The Morgan fingerprint density at radius 3 is 1.90 bits per heavy atom. The molecule has 0 heterocycles. The van der Waals surface area contributed by atoms with Crippen LogP contribution >= 0.6 is 0 Å². The quantitative estimate of drug-likeness (QED) is 0.182. The summed E-state index contributed by atoms with van der Waals surface area (Å²) >= 11 is 0. The van der Waals surface area contributed by atoms with Crippen molar-refractivity contribution in [2.75, 3.05) is 6.54 Å². The van der Waals surface area contributed by atoms with Crippen molar-refractivity contribution < 1.29 is 14.3 Å². The molecule has 1 amide bonds. The fourth-order valence-electron chi connectivity index (χ4n) is 4.36. The Morgan fingerprint density at radius 2 is 1.21 bits per heavy atom. The molecule has 0 aliphatic heterocycles. The Hall–Kier alpha value is -4.83. The second-order valence-electron chi connectivity index (χ2n) is 9.27. The lowest BCUT2D eigenvalue weighted by atomic mass is 9.98. The monoisotopic (exact) mass is 513 g/mol. The van der Waals surface area contributed by atoms with E-state index in [1.165, 1.54) is 5.56 Å². The highest BCUT2D eigenvalue weighted by Crippen LogP contribution is 2.30. The third kappa shape index (κ3) is 7.36. The van der Waals surface area contributed by atoms with Gasteiger partial charge in [0, 0.05) is 6.54 Å². The molecule has 0 fully saturated rings. The van der Waals surface area contributed by atoms with Gasteiger partial charge in [-0.15, -0.1) is 0 Å². The summed E-state index contributed by atoms with van der Waals surface area (Å²) in [6, 6.07) is 43.5. The van der Waals surface area contributed by atoms with Crippen molar-refractivity contribution in [3.63, 3.8) is 0 Å². The van der Waals surface area contributed by atoms with Gasteiger partial charge in [-0.3, -0.25) is 4.79 Å². The lowest BCUT2D eigenvalue weighted by Gasteiger charge is -2.14. The number of carbonyl (C=O) groups excluding carboxylic acids is 1. The highest BCUT2D eigenvalue weighted by molar-refractivity contribution is 6.01. The molecule has 0 aromatic heterocycles. The van der Waals surface area contributed by atoms with Crippen molar-refractivity contribution in [3.05, 3.63) is 150 Å². The van der Waals surface area contributed by atoms with Crippen LogP contribution in [0.25, 0.3) is 11.1 Å². The van der Waals surface area contributed by atoms with E-state index in [9.17, 15) is 4.79 Å². The number of benzene rings is 5. The third-order valence-electron chi connectivity index (χ3n) is 6.40. The van der Waals surface area contributed by atoms with E-state index in [1.807, 2.05) is 121 Å². The van der Waals surface area contributed by atoms with Crippen molar-refractivity contribution in [2.45, 2.75) is 19.4 Å². The zero-order valence-electron chi connectivity index (χ0n) is 21.8. The number of hydrogen-bond donors (Lipinski definition) is 1. The summed E-state index contributed by atoms with van der Waals surface area (Å²) in [5, 5.41) is 3.11. The number of nitrogens with one attached hydrogen (secondary N) is 1. The van der Waals surface area contributed by atoms with E-state index in [-0.39, 0.29) is 5.91 Å². The van der Waals surface area contributed by atoms with E-state index < -0.39 is 0 Å². The Bertz CT molecular complexity index is 1470. The largest absolute Gasteiger partial charge is 0.489 e. The van der Waals surface area contributed by atoms with Crippen LogP contribution in [0.15, 0.2) is 133 Å². The molecule has 0 atom stereocenters. The Labute approximate surface area is 229 Å². The lowest BCUT2D eigenvalue weighted by Crippen LogP contribution is -2.25. The van der Waals surface area contributed by atoms with Gasteiger partial charge in [-0.2, -0.15) is 0 Å². The van der Waals surface area contributed by atoms with Crippen LogP contribution in [-0.2, 0) is 13.0 Å². The number of hydrogen-bond acceptors (Lipinski definition) is 3. The van der Waals surface area contributed by atoms with E-state index in [0.717, 1.165) is 41.0 Å². The van der Waals surface area contributed by atoms with Gasteiger partial charge in [-0.25, -0.2) is 0 Å². The molecule has 0 aliphatic rings. The molecule has 0 spiro atoms. The first-order valence-corrected chi connectivity index (χ1v) is 13.2. The third-order valence-corrected chi connectivity index (χ3v) is 6.40. The average molecular weight is 514 g/mol. The molecule has 0 aliphatic carbocycles. The van der Waals surface area contributed by atoms with Gasteiger partial charge in [0.15, 0.2) is 0 Å². The van der Waals surface area contributed by atoms with Gasteiger partial charge < -0.3 is 14.8 Å². The van der Waals surface area contributed by atoms with Gasteiger partial charge >= 0.3 is 0 Å². The van der Waals surface area contributed by atoms with Crippen LogP contribution in [0.5, 0.6) is 17.2 Å². The normalized spacial score (nSPS) is 10.6. The van der Waals surface area contributed by atoms with Crippen LogP contribution in [0, 0.1) is 0 Å². The van der Waals surface area contributed by atoms with Crippen molar-refractivity contribution in [2.24, 2.45) is 0 Å². The average Bonchev–Trinajstić information content (AvgIpc) is 3.00. The minimum absolute atomic E-state index is 0.118. The molecule has 0 saturated heterocycles. The standard InChI is InChI=1S/C35H31NO3/c37-35(36-24-10-15-27-11-4-1-5-12-27)34-25-32(38-26-28-13-6-2-7-14-28)22-23-33(34)29-18-20-31(21-19-29)39-30-16-8-3-9-17-30/h1-9,11-14,16-23,25H,10,15,24,26H2,(H,36,37). The van der Waals surface area contributed by atoms with Gasteiger partial charge in [0.05, 0.1) is 5.56 Å². The maximum absolute atomic E-state index is 13.4. The molecule has 5 rings (SSSR count). The Balaban J connectivity index is 1.32. The predicted molar refractivity (Wildman–Crippen MR) is 156 cm³/mol. The smallest absolute Gasteiger partial charge is 0.252 e. The Morgan fingerprint density at radius 1 is 0.615 bits per heavy atom. The highest BCUT2D eigenvalue weighted by atomic mass is 16.5. The number of ether oxygens (including phenoxy) is 2. The van der Waals surface area contributed by atoms with Gasteiger partial charge in [0.2, 0.25) is 0 Å². The fourth-order valence-corrected chi connectivity index (χ4v) is 4.36. The molecule has 1 N–H and O–H groups in total. The molecule has 5 aromatic rings. The number of para-hydroxylation sites is 1.